The fourth-order valence-electron chi connectivity index (χ4n) is 3.39. The lowest BCUT2D eigenvalue weighted by molar-refractivity contribution is 0.0913. The summed E-state index contributed by atoms with van der Waals surface area (Å²) in [7, 11) is 1.79. The molecule has 160 valence electrons. The maximum Gasteiger partial charge on any atom is 0.409 e. The van der Waals surface area contributed by atoms with E-state index < -0.39 is 0 Å². The fraction of sp³-hybridized carbons (Fsp3) is 0.684. The standard InChI is InChI=1S/C19H33N5O3.HI/c1-5-22(6-2)16(17-9-8-14-27-17)15-21-18(20-4)23-10-12-24(13-11-23)19(25)26-7-3;/h8-9,14,16H,5-7,10-13,15H2,1-4H3,(H,20,21);1H. The molecule has 9 heteroatoms. The molecule has 1 amide bonds. The number of hydrogen-bond acceptors (Lipinski definition) is 5. The number of nitrogens with zero attached hydrogens (tertiary/aromatic N) is 4. The number of likely N-dealkylation sites (N-methyl/N-ethyl adjacent to an activating group) is 1. The van der Waals surface area contributed by atoms with Crippen LogP contribution in [0.3, 0.4) is 0 Å². The Morgan fingerprint density at radius 3 is 2.39 bits per heavy atom. The zero-order valence-electron chi connectivity index (χ0n) is 17.4. The van der Waals surface area contributed by atoms with Crippen LogP contribution in [-0.2, 0) is 4.74 Å². The van der Waals surface area contributed by atoms with Crippen molar-refractivity contribution < 1.29 is 13.9 Å². The highest BCUT2D eigenvalue weighted by Gasteiger charge is 2.25. The van der Waals surface area contributed by atoms with Crippen LogP contribution in [0.25, 0.3) is 0 Å². The quantitative estimate of drug-likeness (QED) is 0.348. The van der Waals surface area contributed by atoms with Crippen LogP contribution in [0.5, 0.6) is 0 Å². The molecule has 0 aromatic carbocycles. The third-order valence-electron chi connectivity index (χ3n) is 4.90. The Morgan fingerprint density at radius 2 is 1.89 bits per heavy atom. The number of aliphatic imine (C=N–C) groups is 1. The lowest BCUT2D eigenvalue weighted by Gasteiger charge is -2.36. The summed E-state index contributed by atoms with van der Waals surface area (Å²) in [6, 6.07) is 4.09. The predicted molar refractivity (Wildman–Crippen MR) is 121 cm³/mol. The topological polar surface area (TPSA) is 73.5 Å². The number of nitrogens with one attached hydrogen (secondary N) is 1. The molecule has 0 bridgehead atoms. The third kappa shape index (κ3) is 6.54. The van der Waals surface area contributed by atoms with Gasteiger partial charge in [0.1, 0.15) is 5.76 Å². The molecular weight excluding hydrogens is 473 g/mol. The van der Waals surface area contributed by atoms with Crippen LogP contribution < -0.4 is 5.32 Å². The molecule has 0 aliphatic carbocycles. The van der Waals surface area contributed by atoms with Crippen LogP contribution in [0, 0.1) is 0 Å². The molecule has 1 aliphatic rings. The SMILES string of the molecule is CCOC(=O)N1CCN(C(=NC)NCC(c2ccco2)N(CC)CC)CC1.I. The molecule has 1 aromatic rings. The van der Waals surface area contributed by atoms with Gasteiger partial charge in [-0.1, -0.05) is 13.8 Å². The fourth-order valence-corrected chi connectivity index (χ4v) is 3.39. The molecule has 0 spiro atoms. The first kappa shape index (κ1) is 24.5. The monoisotopic (exact) mass is 507 g/mol. The van der Waals surface area contributed by atoms with Gasteiger partial charge in [-0.05, 0) is 32.1 Å². The summed E-state index contributed by atoms with van der Waals surface area (Å²) in [6.07, 6.45) is 1.48. The molecule has 2 rings (SSSR count). The summed E-state index contributed by atoms with van der Waals surface area (Å²) in [4.78, 5) is 22.6. The smallest absolute Gasteiger partial charge is 0.409 e. The first-order valence-electron chi connectivity index (χ1n) is 9.79. The van der Waals surface area contributed by atoms with E-state index in [9.17, 15) is 4.79 Å². The summed E-state index contributed by atoms with van der Waals surface area (Å²) in [6.45, 7) is 11.9. The van der Waals surface area contributed by atoms with E-state index in [1.54, 1.807) is 18.2 Å². The number of guanidine groups is 1. The van der Waals surface area contributed by atoms with Crippen LogP contribution >= 0.6 is 24.0 Å². The van der Waals surface area contributed by atoms with E-state index in [-0.39, 0.29) is 36.1 Å². The number of halogens is 1. The number of carbonyl (C=O) groups excluding carboxylic acids is 1. The van der Waals surface area contributed by atoms with Crippen molar-refractivity contribution in [2.75, 3.05) is 59.5 Å². The first-order chi connectivity index (χ1) is 13.1. The third-order valence-corrected chi connectivity index (χ3v) is 4.90. The van der Waals surface area contributed by atoms with E-state index in [4.69, 9.17) is 9.15 Å². The average Bonchev–Trinajstić information content (AvgIpc) is 3.23. The normalized spacial score (nSPS) is 16.0. The lowest BCUT2D eigenvalue weighted by Crippen LogP contribution is -2.54. The van der Waals surface area contributed by atoms with Crippen molar-refractivity contribution >= 4 is 36.0 Å². The number of piperazine rings is 1. The van der Waals surface area contributed by atoms with Crippen LogP contribution in [-0.4, -0.2) is 86.2 Å². The van der Waals surface area contributed by atoms with Crippen molar-refractivity contribution in [1.82, 2.24) is 20.0 Å². The summed E-state index contributed by atoms with van der Waals surface area (Å²) < 4.78 is 10.7. The molecule has 2 heterocycles. The van der Waals surface area contributed by atoms with Gasteiger partial charge in [-0.2, -0.15) is 0 Å². The van der Waals surface area contributed by atoms with Gasteiger partial charge in [-0.15, -0.1) is 24.0 Å². The number of carbonyl (C=O) groups is 1. The summed E-state index contributed by atoms with van der Waals surface area (Å²) in [5.74, 6) is 1.80. The molecule has 1 atom stereocenters. The van der Waals surface area contributed by atoms with Crippen molar-refractivity contribution in [3.63, 3.8) is 0 Å². The summed E-state index contributed by atoms with van der Waals surface area (Å²) >= 11 is 0. The van der Waals surface area contributed by atoms with E-state index in [0.717, 1.165) is 37.9 Å². The highest BCUT2D eigenvalue weighted by Crippen LogP contribution is 2.20. The van der Waals surface area contributed by atoms with Crippen molar-refractivity contribution in [2.45, 2.75) is 26.8 Å². The first-order valence-corrected chi connectivity index (χ1v) is 9.79. The molecule has 1 aromatic heterocycles. The Bertz CT molecular complexity index is 584. The van der Waals surface area contributed by atoms with Gasteiger partial charge in [0.2, 0.25) is 0 Å². The largest absolute Gasteiger partial charge is 0.468 e. The second kappa shape index (κ2) is 12.9. The van der Waals surface area contributed by atoms with Crippen LogP contribution in [0.4, 0.5) is 4.79 Å². The molecule has 8 nitrogen and oxygen atoms in total. The number of rotatable bonds is 7. The zero-order chi connectivity index (χ0) is 19.6. The Morgan fingerprint density at radius 1 is 1.25 bits per heavy atom. The predicted octanol–water partition coefficient (Wildman–Crippen LogP) is 2.63. The van der Waals surface area contributed by atoms with Crippen molar-refractivity contribution in [2.24, 2.45) is 4.99 Å². The number of amides is 1. The number of furan rings is 1. The molecule has 28 heavy (non-hydrogen) atoms. The molecule has 0 saturated carbocycles. The Hall–Kier alpha value is -1.49. The summed E-state index contributed by atoms with van der Waals surface area (Å²) in [5.41, 5.74) is 0. The number of hydrogen-bond donors (Lipinski definition) is 1. The molecule has 1 fully saturated rings. The molecule has 0 radical (unpaired) electrons. The van der Waals surface area contributed by atoms with E-state index >= 15 is 0 Å². The molecule has 1 saturated heterocycles. The molecule has 1 unspecified atom stereocenters. The van der Waals surface area contributed by atoms with E-state index in [0.29, 0.717) is 26.2 Å². The molecular formula is C19H34IN5O3. The van der Waals surface area contributed by atoms with Gasteiger partial charge in [-0.25, -0.2) is 4.79 Å². The minimum Gasteiger partial charge on any atom is -0.468 e. The minimum absolute atomic E-state index is 0. The Balaban J connectivity index is 0.00000392. The van der Waals surface area contributed by atoms with Gasteiger partial charge in [0, 0.05) is 39.8 Å². The average molecular weight is 507 g/mol. The highest BCUT2D eigenvalue weighted by atomic mass is 127. The maximum atomic E-state index is 11.9. The minimum atomic E-state index is -0.237. The highest BCUT2D eigenvalue weighted by molar-refractivity contribution is 14.0. The van der Waals surface area contributed by atoms with E-state index in [1.807, 2.05) is 19.1 Å². The Kier molecular flexibility index (Phi) is 11.3. The zero-order valence-corrected chi connectivity index (χ0v) is 19.7. The molecule has 1 N–H and O–H groups in total. The van der Waals surface area contributed by atoms with E-state index in [1.165, 1.54) is 0 Å². The van der Waals surface area contributed by atoms with E-state index in [2.05, 4.69) is 34.0 Å². The van der Waals surface area contributed by atoms with Crippen LogP contribution in [0.2, 0.25) is 0 Å². The van der Waals surface area contributed by atoms with Crippen LogP contribution in [0.1, 0.15) is 32.6 Å². The number of ether oxygens (including phenoxy) is 1. The van der Waals surface area contributed by atoms with Crippen molar-refractivity contribution in [1.29, 1.82) is 0 Å². The summed E-state index contributed by atoms with van der Waals surface area (Å²) in [5, 5.41) is 3.49. The van der Waals surface area contributed by atoms with Gasteiger partial charge >= 0.3 is 6.09 Å². The van der Waals surface area contributed by atoms with Crippen LogP contribution in [0.15, 0.2) is 27.8 Å². The van der Waals surface area contributed by atoms with Gasteiger partial charge in [0.15, 0.2) is 5.96 Å². The van der Waals surface area contributed by atoms with Gasteiger partial charge in [-0.3, -0.25) is 9.89 Å². The lowest BCUT2D eigenvalue weighted by atomic mass is 10.2. The van der Waals surface area contributed by atoms with Gasteiger partial charge in [0.05, 0.1) is 18.9 Å². The second-order valence-corrected chi connectivity index (χ2v) is 6.35. The van der Waals surface area contributed by atoms with Crippen molar-refractivity contribution in [3.8, 4) is 0 Å². The second-order valence-electron chi connectivity index (χ2n) is 6.35. The van der Waals surface area contributed by atoms with Crippen molar-refractivity contribution in [3.05, 3.63) is 24.2 Å². The molecule has 1 aliphatic heterocycles. The van der Waals surface area contributed by atoms with Gasteiger partial charge < -0.3 is 24.3 Å². The van der Waals surface area contributed by atoms with Gasteiger partial charge in [0.25, 0.3) is 0 Å². The Labute approximate surface area is 185 Å². The maximum absolute atomic E-state index is 11.9.